The van der Waals surface area contributed by atoms with Crippen molar-refractivity contribution in [2.75, 3.05) is 13.6 Å². The van der Waals surface area contributed by atoms with Gasteiger partial charge in [-0.1, -0.05) is 37.6 Å². The molecule has 1 rings (SSSR count). The standard InChI is InChI=1S/C15H23ClN2O/c1-11(2)4-9-14(18-15(19)10-17-3)12-5-7-13(16)8-6-12/h5-8,11,14,17H,4,9-10H2,1-3H3,(H,18,19). The van der Waals surface area contributed by atoms with Crippen molar-refractivity contribution in [2.45, 2.75) is 32.7 Å². The molecule has 2 N–H and O–H groups in total. The minimum Gasteiger partial charge on any atom is -0.348 e. The van der Waals surface area contributed by atoms with E-state index in [1.807, 2.05) is 24.3 Å². The highest BCUT2D eigenvalue weighted by atomic mass is 35.5. The summed E-state index contributed by atoms with van der Waals surface area (Å²) < 4.78 is 0. The lowest BCUT2D eigenvalue weighted by Crippen LogP contribution is -2.35. The van der Waals surface area contributed by atoms with Crippen molar-refractivity contribution in [2.24, 2.45) is 5.92 Å². The molecule has 1 aromatic rings. The summed E-state index contributed by atoms with van der Waals surface area (Å²) in [4.78, 5) is 11.7. The smallest absolute Gasteiger partial charge is 0.234 e. The molecule has 1 amide bonds. The third-order valence-corrected chi connectivity index (χ3v) is 3.23. The van der Waals surface area contributed by atoms with Crippen LogP contribution in [0.3, 0.4) is 0 Å². The molecule has 1 atom stereocenters. The van der Waals surface area contributed by atoms with Gasteiger partial charge in [0.25, 0.3) is 0 Å². The first-order chi connectivity index (χ1) is 9.02. The number of rotatable bonds is 7. The molecule has 3 nitrogen and oxygen atoms in total. The average molecular weight is 283 g/mol. The Morgan fingerprint density at radius 2 is 1.84 bits per heavy atom. The molecule has 0 aliphatic rings. The molecule has 1 unspecified atom stereocenters. The molecule has 0 aliphatic carbocycles. The van der Waals surface area contributed by atoms with Gasteiger partial charge in [0.05, 0.1) is 12.6 Å². The molecule has 1 aromatic carbocycles. The average Bonchev–Trinajstić information content (AvgIpc) is 2.35. The summed E-state index contributed by atoms with van der Waals surface area (Å²) in [5, 5.41) is 6.65. The fraction of sp³-hybridized carbons (Fsp3) is 0.533. The van der Waals surface area contributed by atoms with E-state index in [1.165, 1.54) is 0 Å². The van der Waals surface area contributed by atoms with Crippen LogP contribution in [0.5, 0.6) is 0 Å². The van der Waals surface area contributed by atoms with E-state index in [0.717, 1.165) is 18.4 Å². The van der Waals surface area contributed by atoms with Crippen molar-refractivity contribution < 1.29 is 4.79 Å². The molecular weight excluding hydrogens is 260 g/mol. The van der Waals surface area contributed by atoms with Gasteiger partial charge in [0.2, 0.25) is 5.91 Å². The van der Waals surface area contributed by atoms with E-state index >= 15 is 0 Å². The van der Waals surface area contributed by atoms with E-state index in [2.05, 4.69) is 24.5 Å². The zero-order chi connectivity index (χ0) is 14.3. The molecule has 0 radical (unpaired) electrons. The lowest BCUT2D eigenvalue weighted by molar-refractivity contribution is -0.121. The van der Waals surface area contributed by atoms with E-state index in [-0.39, 0.29) is 11.9 Å². The van der Waals surface area contributed by atoms with Crippen LogP contribution in [0.15, 0.2) is 24.3 Å². The van der Waals surface area contributed by atoms with E-state index in [1.54, 1.807) is 7.05 Å². The van der Waals surface area contributed by atoms with Crippen LogP contribution in [-0.4, -0.2) is 19.5 Å². The summed E-state index contributed by atoms with van der Waals surface area (Å²) in [6.45, 7) is 4.72. The number of halogens is 1. The maximum absolute atomic E-state index is 11.7. The maximum atomic E-state index is 11.7. The molecule has 0 aliphatic heterocycles. The molecule has 19 heavy (non-hydrogen) atoms. The van der Waals surface area contributed by atoms with Crippen molar-refractivity contribution in [3.05, 3.63) is 34.9 Å². The highest BCUT2D eigenvalue weighted by molar-refractivity contribution is 6.30. The predicted molar refractivity (Wildman–Crippen MR) is 80.3 cm³/mol. The Hall–Kier alpha value is -1.06. The topological polar surface area (TPSA) is 41.1 Å². The Bertz CT molecular complexity index is 390. The van der Waals surface area contributed by atoms with E-state index in [4.69, 9.17) is 11.6 Å². The number of benzene rings is 1. The van der Waals surface area contributed by atoms with Crippen molar-refractivity contribution in [3.63, 3.8) is 0 Å². The quantitative estimate of drug-likeness (QED) is 0.807. The number of nitrogens with one attached hydrogen (secondary N) is 2. The fourth-order valence-corrected chi connectivity index (χ4v) is 2.05. The monoisotopic (exact) mass is 282 g/mol. The highest BCUT2D eigenvalue weighted by Crippen LogP contribution is 2.22. The van der Waals surface area contributed by atoms with Gasteiger partial charge < -0.3 is 10.6 Å². The zero-order valence-corrected chi connectivity index (χ0v) is 12.6. The van der Waals surface area contributed by atoms with Gasteiger partial charge >= 0.3 is 0 Å². The largest absolute Gasteiger partial charge is 0.348 e. The summed E-state index contributed by atoms with van der Waals surface area (Å²) >= 11 is 5.90. The zero-order valence-electron chi connectivity index (χ0n) is 11.9. The second-order valence-electron chi connectivity index (χ2n) is 5.17. The van der Waals surface area contributed by atoms with Crippen LogP contribution in [0.25, 0.3) is 0 Å². The molecule has 0 heterocycles. The normalized spacial score (nSPS) is 12.5. The van der Waals surface area contributed by atoms with Gasteiger partial charge in [-0.2, -0.15) is 0 Å². The Kier molecular flexibility index (Phi) is 6.89. The summed E-state index contributed by atoms with van der Waals surface area (Å²) in [6.07, 6.45) is 2.02. The summed E-state index contributed by atoms with van der Waals surface area (Å²) in [6, 6.07) is 7.74. The van der Waals surface area contributed by atoms with Gasteiger partial charge in [-0.25, -0.2) is 0 Å². The molecule has 0 aromatic heterocycles. The van der Waals surface area contributed by atoms with Crippen LogP contribution < -0.4 is 10.6 Å². The van der Waals surface area contributed by atoms with Crippen LogP contribution >= 0.6 is 11.6 Å². The van der Waals surface area contributed by atoms with Gasteiger partial charge in [0, 0.05) is 5.02 Å². The van der Waals surface area contributed by atoms with Crippen molar-refractivity contribution in [1.82, 2.24) is 10.6 Å². The molecule has 106 valence electrons. The summed E-state index contributed by atoms with van der Waals surface area (Å²) in [5.41, 5.74) is 1.11. The van der Waals surface area contributed by atoms with Gasteiger partial charge in [-0.05, 0) is 43.5 Å². The van der Waals surface area contributed by atoms with Gasteiger partial charge in [-0.3, -0.25) is 4.79 Å². The van der Waals surface area contributed by atoms with Crippen LogP contribution in [0.4, 0.5) is 0 Å². The lowest BCUT2D eigenvalue weighted by atomic mass is 9.97. The van der Waals surface area contributed by atoms with Gasteiger partial charge in [-0.15, -0.1) is 0 Å². The molecular formula is C15H23ClN2O. The first kappa shape index (κ1) is 16.0. The second-order valence-corrected chi connectivity index (χ2v) is 5.61. The van der Waals surface area contributed by atoms with Crippen molar-refractivity contribution in [1.29, 1.82) is 0 Å². The minimum atomic E-state index is 0.0196. The van der Waals surface area contributed by atoms with Crippen LogP contribution in [-0.2, 0) is 4.79 Å². The first-order valence-electron chi connectivity index (χ1n) is 6.72. The van der Waals surface area contributed by atoms with Crippen molar-refractivity contribution in [3.8, 4) is 0 Å². The van der Waals surface area contributed by atoms with E-state index < -0.39 is 0 Å². The Morgan fingerprint density at radius 1 is 1.21 bits per heavy atom. The van der Waals surface area contributed by atoms with Gasteiger partial charge in [0.1, 0.15) is 0 Å². The number of hydrogen-bond acceptors (Lipinski definition) is 2. The Morgan fingerprint density at radius 3 is 2.37 bits per heavy atom. The lowest BCUT2D eigenvalue weighted by Gasteiger charge is -2.20. The van der Waals surface area contributed by atoms with Crippen LogP contribution in [0.1, 0.15) is 38.3 Å². The number of likely N-dealkylation sites (N-methyl/N-ethyl adjacent to an activating group) is 1. The molecule has 0 saturated heterocycles. The van der Waals surface area contributed by atoms with Gasteiger partial charge in [0.15, 0.2) is 0 Å². The SMILES string of the molecule is CNCC(=O)NC(CCC(C)C)c1ccc(Cl)cc1. The number of carbonyl (C=O) groups is 1. The Balaban J connectivity index is 2.73. The summed E-state index contributed by atoms with van der Waals surface area (Å²) in [7, 11) is 1.77. The van der Waals surface area contributed by atoms with Crippen LogP contribution in [0.2, 0.25) is 5.02 Å². The highest BCUT2D eigenvalue weighted by Gasteiger charge is 2.14. The molecule has 0 saturated carbocycles. The molecule has 0 spiro atoms. The summed E-state index contributed by atoms with van der Waals surface area (Å²) in [5.74, 6) is 0.641. The minimum absolute atomic E-state index is 0.0196. The second kappa shape index (κ2) is 8.18. The maximum Gasteiger partial charge on any atom is 0.234 e. The van der Waals surface area contributed by atoms with E-state index in [9.17, 15) is 4.79 Å². The molecule has 0 fully saturated rings. The first-order valence-corrected chi connectivity index (χ1v) is 7.10. The number of hydrogen-bond donors (Lipinski definition) is 2. The number of amides is 1. The third-order valence-electron chi connectivity index (χ3n) is 2.98. The Labute approximate surface area is 120 Å². The number of carbonyl (C=O) groups excluding carboxylic acids is 1. The van der Waals surface area contributed by atoms with E-state index in [0.29, 0.717) is 17.5 Å². The van der Waals surface area contributed by atoms with Crippen LogP contribution in [0, 0.1) is 5.92 Å². The van der Waals surface area contributed by atoms with Crippen molar-refractivity contribution >= 4 is 17.5 Å². The third kappa shape index (κ3) is 6.08. The predicted octanol–water partition coefficient (Wildman–Crippen LogP) is 3.15. The fourth-order valence-electron chi connectivity index (χ4n) is 1.92. The molecule has 0 bridgehead atoms. The molecule has 4 heteroatoms.